The molecular weight excluding hydrogens is 392 g/mol. The van der Waals surface area contributed by atoms with E-state index < -0.39 is 6.10 Å². The number of aryl methyl sites for hydroxylation is 1. The molecular formula is C22H32ClN2O4-. The van der Waals surface area contributed by atoms with E-state index in [2.05, 4.69) is 11.8 Å². The third kappa shape index (κ3) is 5.44. The number of aliphatic hydroxyl groups is 1. The van der Waals surface area contributed by atoms with E-state index in [0.29, 0.717) is 24.5 Å². The zero-order chi connectivity index (χ0) is 20.3. The lowest BCUT2D eigenvalue weighted by Gasteiger charge is -2.31. The summed E-state index contributed by atoms with van der Waals surface area (Å²) >= 11 is 0. The zero-order valence-electron chi connectivity index (χ0n) is 17.8. The molecule has 2 aromatic rings. The van der Waals surface area contributed by atoms with Crippen molar-refractivity contribution in [1.82, 2.24) is 9.47 Å². The van der Waals surface area contributed by atoms with Gasteiger partial charge in [-0.25, -0.2) is 4.79 Å². The summed E-state index contributed by atoms with van der Waals surface area (Å²) in [6.45, 7) is 9.28. The number of hydrogen-bond acceptors (Lipinski definition) is 5. The molecule has 1 saturated heterocycles. The van der Waals surface area contributed by atoms with Crippen molar-refractivity contribution in [3.8, 4) is 5.75 Å². The summed E-state index contributed by atoms with van der Waals surface area (Å²) in [6.07, 6.45) is 1.84. The summed E-state index contributed by atoms with van der Waals surface area (Å²) in [4.78, 5) is 14.7. The summed E-state index contributed by atoms with van der Waals surface area (Å²) in [6, 6.07) is 5.69. The minimum Gasteiger partial charge on any atom is -1.00 e. The van der Waals surface area contributed by atoms with Crippen LogP contribution in [0.3, 0.4) is 0 Å². The van der Waals surface area contributed by atoms with E-state index in [0.717, 1.165) is 35.6 Å². The Bertz CT molecular complexity index is 828. The van der Waals surface area contributed by atoms with Gasteiger partial charge in [-0.3, -0.25) is 0 Å². The molecule has 6 nitrogen and oxygen atoms in total. The fourth-order valence-electron chi connectivity index (χ4n) is 3.89. The lowest BCUT2D eigenvalue weighted by atomic mass is 9.99. The van der Waals surface area contributed by atoms with E-state index in [-0.39, 0.29) is 25.0 Å². The number of nitrogens with zero attached hydrogens (tertiary/aromatic N) is 2. The number of esters is 1. The number of fused-ring (bicyclic) bond motifs is 1. The molecule has 29 heavy (non-hydrogen) atoms. The van der Waals surface area contributed by atoms with E-state index in [1.165, 1.54) is 12.8 Å². The first-order valence-corrected chi connectivity index (χ1v) is 10.2. The second kappa shape index (κ2) is 10.3. The molecule has 1 aliphatic rings. The number of halogens is 1. The molecule has 1 aromatic heterocycles. The van der Waals surface area contributed by atoms with Crippen LogP contribution in [-0.2, 0) is 11.8 Å². The zero-order valence-corrected chi connectivity index (χ0v) is 18.5. The molecule has 1 unspecified atom stereocenters. The van der Waals surface area contributed by atoms with E-state index in [9.17, 15) is 9.90 Å². The van der Waals surface area contributed by atoms with Crippen LogP contribution in [0.4, 0.5) is 0 Å². The van der Waals surface area contributed by atoms with Crippen molar-refractivity contribution in [3.63, 3.8) is 0 Å². The van der Waals surface area contributed by atoms with Gasteiger partial charge < -0.3 is 36.5 Å². The third-order valence-electron chi connectivity index (χ3n) is 5.73. The number of likely N-dealkylation sites (tertiary alicyclic amines) is 1. The van der Waals surface area contributed by atoms with E-state index in [4.69, 9.17) is 9.47 Å². The molecule has 0 aliphatic carbocycles. The van der Waals surface area contributed by atoms with Gasteiger partial charge in [-0.15, -0.1) is 0 Å². The van der Waals surface area contributed by atoms with Crippen LogP contribution in [0.25, 0.3) is 10.9 Å². The SMILES string of the molecule is CCOC(=O)c1c(C)n(C)c2ccc(OCC(O)CN3CCC(C)CC3)cc12.[Cl-]. The molecule has 0 radical (unpaired) electrons. The number of rotatable bonds is 7. The van der Waals surface area contributed by atoms with Gasteiger partial charge in [0.15, 0.2) is 0 Å². The largest absolute Gasteiger partial charge is 1.00 e. The van der Waals surface area contributed by atoms with Crippen molar-refractivity contribution in [2.45, 2.75) is 39.7 Å². The number of piperidine rings is 1. The number of ether oxygens (including phenoxy) is 2. The molecule has 1 aliphatic heterocycles. The van der Waals surface area contributed by atoms with E-state index in [1.807, 2.05) is 36.7 Å². The van der Waals surface area contributed by atoms with Gasteiger partial charge in [-0.2, -0.15) is 0 Å². The Hall–Kier alpha value is -1.76. The summed E-state index contributed by atoms with van der Waals surface area (Å²) in [5, 5.41) is 11.2. The highest BCUT2D eigenvalue weighted by atomic mass is 35.5. The van der Waals surface area contributed by atoms with Gasteiger partial charge in [-0.1, -0.05) is 6.92 Å². The van der Waals surface area contributed by atoms with Crippen LogP contribution < -0.4 is 17.1 Å². The predicted molar refractivity (Wildman–Crippen MR) is 110 cm³/mol. The highest BCUT2D eigenvalue weighted by molar-refractivity contribution is 6.06. The topological polar surface area (TPSA) is 63.9 Å². The van der Waals surface area contributed by atoms with Crippen LogP contribution in [0.5, 0.6) is 5.75 Å². The molecule has 0 saturated carbocycles. The molecule has 1 aromatic carbocycles. The lowest BCUT2D eigenvalue weighted by Crippen LogP contribution is -3.00. The maximum Gasteiger partial charge on any atom is 0.340 e. The minimum atomic E-state index is -0.536. The highest BCUT2D eigenvalue weighted by Gasteiger charge is 2.21. The molecule has 0 bridgehead atoms. The van der Waals surface area contributed by atoms with Gasteiger partial charge in [0.1, 0.15) is 18.5 Å². The Balaban J connectivity index is 0.00000300. The van der Waals surface area contributed by atoms with E-state index in [1.54, 1.807) is 6.92 Å². The van der Waals surface area contributed by atoms with Crippen LogP contribution in [0.1, 0.15) is 42.7 Å². The van der Waals surface area contributed by atoms with Crippen LogP contribution >= 0.6 is 0 Å². The van der Waals surface area contributed by atoms with Crippen molar-refractivity contribution in [1.29, 1.82) is 0 Å². The summed E-state index contributed by atoms with van der Waals surface area (Å²) in [5.41, 5.74) is 2.40. The van der Waals surface area contributed by atoms with Gasteiger partial charge >= 0.3 is 5.97 Å². The van der Waals surface area contributed by atoms with Crippen molar-refractivity contribution < 1.29 is 31.8 Å². The number of carbonyl (C=O) groups is 1. The second-order valence-corrected chi connectivity index (χ2v) is 7.87. The summed E-state index contributed by atoms with van der Waals surface area (Å²) in [5.74, 6) is 1.11. The maximum absolute atomic E-state index is 12.4. The van der Waals surface area contributed by atoms with Crippen molar-refractivity contribution in [2.24, 2.45) is 13.0 Å². The second-order valence-electron chi connectivity index (χ2n) is 7.87. The first-order valence-electron chi connectivity index (χ1n) is 10.2. The molecule has 0 spiro atoms. The van der Waals surface area contributed by atoms with Crippen molar-refractivity contribution >= 4 is 16.9 Å². The van der Waals surface area contributed by atoms with Crippen molar-refractivity contribution in [2.75, 3.05) is 32.8 Å². The average molecular weight is 424 g/mol. The quantitative estimate of drug-likeness (QED) is 0.642. The molecule has 7 heteroatoms. The Morgan fingerprint density at radius 2 is 2.00 bits per heavy atom. The van der Waals surface area contributed by atoms with Crippen LogP contribution in [0.2, 0.25) is 0 Å². The Kier molecular flexibility index (Phi) is 8.37. The molecule has 1 atom stereocenters. The van der Waals surface area contributed by atoms with Gasteiger partial charge in [0.2, 0.25) is 0 Å². The monoisotopic (exact) mass is 423 g/mol. The number of aromatic nitrogens is 1. The van der Waals surface area contributed by atoms with Crippen molar-refractivity contribution in [3.05, 3.63) is 29.5 Å². The van der Waals surface area contributed by atoms with Gasteiger partial charge in [0.25, 0.3) is 0 Å². The van der Waals surface area contributed by atoms with Gasteiger partial charge in [-0.05, 0) is 63.9 Å². The molecule has 1 fully saturated rings. The molecule has 0 amide bonds. The molecule has 3 rings (SSSR count). The van der Waals surface area contributed by atoms with E-state index >= 15 is 0 Å². The maximum atomic E-state index is 12.4. The number of aliphatic hydroxyl groups excluding tert-OH is 1. The third-order valence-corrected chi connectivity index (χ3v) is 5.73. The predicted octanol–water partition coefficient (Wildman–Crippen LogP) is 0.139. The smallest absolute Gasteiger partial charge is 0.340 e. The first-order chi connectivity index (χ1) is 13.4. The standard InChI is InChI=1S/C22H32N2O4.ClH/c1-5-27-22(26)21-16(3)23(4)20-7-6-18(12-19(20)21)28-14-17(25)13-24-10-8-15(2)9-11-24;/h6-7,12,15,17,25H,5,8-11,13-14H2,1-4H3;1H/p-1. The first kappa shape index (κ1) is 23.5. The lowest BCUT2D eigenvalue weighted by molar-refractivity contribution is -0.0000264. The highest BCUT2D eigenvalue weighted by Crippen LogP contribution is 2.29. The summed E-state index contributed by atoms with van der Waals surface area (Å²) in [7, 11) is 1.93. The van der Waals surface area contributed by atoms with Gasteiger partial charge in [0, 0.05) is 30.2 Å². The van der Waals surface area contributed by atoms with Crippen LogP contribution in [0, 0.1) is 12.8 Å². The number of benzene rings is 1. The molecule has 2 heterocycles. The molecule has 162 valence electrons. The fourth-order valence-corrected chi connectivity index (χ4v) is 3.89. The number of carbonyl (C=O) groups excluding carboxylic acids is 1. The molecule has 1 N–H and O–H groups in total. The van der Waals surface area contributed by atoms with Gasteiger partial charge in [0.05, 0.1) is 12.2 Å². The number of hydrogen-bond donors (Lipinski definition) is 1. The normalized spacial score (nSPS) is 16.4. The Labute approximate surface area is 179 Å². The van der Waals surface area contributed by atoms with Crippen LogP contribution in [-0.4, -0.2) is 59.5 Å². The summed E-state index contributed by atoms with van der Waals surface area (Å²) < 4.78 is 13.0. The van der Waals surface area contributed by atoms with Crippen LogP contribution in [0.15, 0.2) is 18.2 Å². The number of β-amino-alcohol motifs (C(OH)–C–C–N with tert-alkyl or cyclic N) is 1. The average Bonchev–Trinajstić information content (AvgIpc) is 2.92. The Morgan fingerprint density at radius 3 is 2.66 bits per heavy atom. The Morgan fingerprint density at radius 1 is 1.31 bits per heavy atom. The fraction of sp³-hybridized carbons (Fsp3) is 0.591. The minimum absolute atomic E-state index is 0.